The van der Waals surface area contributed by atoms with E-state index in [9.17, 15) is 4.79 Å². The van der Waals surface area contributed by atoms with Gasteiger partial charge in [0, 0.05) is 18.8 Å². The summed E-state index contributed by atoms with van der Waals surface area (Å²) in [6, 6.07) is 0. The molecule has 118 valence electrons. The molecule has 5 heteroatoms. The first-order chi connectivity index (χ1) is 9.65. The normalized spacial score (nSPS) is 11.9. The molecule has 0 N–H and O–H groups in total. The van der Waals surface area contributed by atoms with Gasteiger partial charge >= 0.3 is 15.3 Å². The number of carbonyl (C=O) groups excluding carboxylic acids is 1. The Hall–Kier alpha value is -0.653. The number of carbonyl (C=O) groups is 1. The van der Waals surface area contributed by atoms with Crippen LogP contribution in [0, 0.1) is 0 Å². The van der Waals surface area contributed by atoms with Gasteiger partial charge in [-0.05, 0) is 31.9 Å². The maximum Gasteiger partial charge on any atom is 0.348 e. The highest BCUT2D eigenvalue weighted by molar-refractivity contribution is 6.51. The van der Waals surface area contributed by atoms with E-state index in [1.54, 1.807) is 6.92 Å². The van der Waals surface area contributed by atoms with Crippen LogP contribution in [0.15, 0.2) is 11.3 Å². The van der Waals surface area contributed by atoms with Gasteiger partial charge in [-0.1, -0.05) is 33.6 Å². The van der Waals surface area contributed by atoms with Gasteiger partial charge in [0.05, 0.1) is 6.61 Å². The van der Waals surface area contributed by atoms with Crippen molar-refractivity contribution in [1.29, 1.82) is 0 Å². The Morgan fingerprint density at radius 2 is 1.50 bits per heavy atom. The molecule has 0 radical (unpaired) electrons. The van der Waals surface area contributed by atoms with Crippen molar-refractivity contribution in [2.24, 2.45) is 0 Å². The minimum absolute atomic E-state index is 0.262. The minimum Gasteiger partial charge on any atom is -0.462 e. The summed E-state index contributed by atoms with van der Waals surface area (Å²) in [6.07, 6.45) is 5.07. The van der Waals surface area contributed by atoms with Gasteiger partial charge in [0.25, 0.3) is 0 Å². The van der Waals surface area contributed by atoms with Gasteiger partial charge in [-0.25, -0.2) is 4.79 Å². The second-order valence-electron chi connectivity index (χ2n) is 4.80. The molecule has 0 heterocycles. The molecule has 0 saturated heterocycles. The summed E-state index contributed by atoms with van der Waals surface area (Å²) in [6.45, 7) is 9.86. The van der Waals surface area contributed by atoms with Crippen LogP contribution in [0.1, 0.15) is 59.8 Å². The molecule has 0 rings (SSSR count). The Morgan fingerprint density at radius 3 is 1.95 bits per heavy atom. The van der Waals surface area contributed by atoms with Crippen molar-refractivity contribution < 1.29 is 18.4 Å². The molecular weight excluding hydrogens is 272 g/mol. The monoisotopic (exact) mass is 302 g/mol. The minimum atomic E-state index is -1.91. The molecule has 0 fully saturated rings. The molecule has 0 aliphatic rings. The number of hydrogen-bond donors (Lipinski definition) is 0. The van der Waals surface area contributed by atoms with Crippen molar-refractivity contribution in [3.8, 4) is 0 Å². The Balaban J connectivity index is 4.36. The number of esters is 1. The third kappa shape index (κ3) is 10.2. The number of unbranched alkanes of at least 4 members (excludes halogenated alkanes) is 2. The number of ether oxygens (including phenoxy) is 1. The summed E-state index contributed by atoms with van der Waals surface area (Å²) in [4.78, 5) is 11.7. The lowest BCUT2D eigenvalue weighted by Gasteiger charge is -2.14. The van der Waals surface area contributed by atoms with E-state index < -0.39 is 9.28 Å². The quantitative estimate of drug-likeness (QED) is 0.240. The van der Waals surface area contributed by atoms with Crippen LogP contribution in [-0.4, -0.2) is 35.1 Å². The first kappa shape index (κ1) is 19.3. The fraction of sp³-hybridized carbons (Fsp3) is 0.800. The van der Waals surface area contributed by atoms with Crippen molar-refractivity contribution in [3.05, 3.63) is 11.3 Å². The lowest BCUT2D eigenvalue weighted by Crippen LogP contribution is -2.24. The molecule has 0 spiro atoms. The topological polar surface area (TPSA) is 44.8 Å². The van der Waals surface area contributed by atoms with E-state index in [1.165, 1.54) is 0 Å². The zero-order valence-electron chi connectivity index (χ0n) is 13.4. The molecule has 0 amide bonds. The van der Waals surface area contributed by atoms with Gasteiger partial charge in [0.2, 0.25) is 0 Å². The largest absolute Gasteiger partial charge is 0.462 e. The Labute approximate surface area is 125 Å². The second-order valence-corrected chi connectivity index (χ2v) is 6.54. The molecule has 0 aromatic carbocycles. The van der Waals surface area contributed by atoms with Crippen LogP contribution >= 0.6 is 0 Å². The first-order valence-electron chi connectivity index (χ1n) is 7.74. The maximum atomic E-state index is 11.7. The molecular formula is C15H30O4Si. The van der Waals surface area contributed by atoms with Crippen LogP contribution in [0.3, 0.4) is 0 Å². The fourth-order valence-electron chi connectivity index (χ4n) is 1.41. The van der Waals surface area contributed by atoms with E-state index in [2.05, 4.69) is 13.8 Å². The standard InChI is InChI=1S/C15H30O4Si/c1-5-8-11-18-20(19-12-9-6-2)13-14(4)15(16)17-10-7-3/h13,20H,5-12H2,1-4H3. The van der Waals surface area contributed by atoms with E-state index >= 15 is 0 Å². The van der Waals surface area contributed by atoms with E-state index in [0.717, 1.165) is 32.1 Å². The summed E-state index contributed by atoms with van der Waals surface area (Å²) in [5.41, 5.74) is 2.45. The molecule has 0 atom stereocenters. The lowest BCUT2D eigenvalue weighted by molar-refractivity contribution is -0.138. The second kappa shape index (κ2) is 13.3. The SMILES string of the molecule is CCCCO[SiH](C=C(C)C(=O)OCCC)OCCCC. The molecule has 0 aliphatic carbocycles. The Morgan fingerprint density at radius 1 is 0.950 bits per heavy atom. The van der Waals surface area contributed by atoms with E-state index in [4.69, 9.17) is 13.6 Å². The zero-order valence-corrected chi connectivity index (χ0v) is 14.6. The van der Waals surface area contributed by atoms with Gasteiger partial charge < -0.3 is 13.6 Å². The van der Waals surface area contributed by atoms with Gasteiger partial charge in [-0.2, -0.15) is 0 Å². The molecule has 4 nitrogen and oxygen atoms in total. The first-order valence-corrected chi connectivity index (χ1v) is 9.35. The number of hydrogen-bond acceptors (Lipinski definition) is 4. The predicted octanol–water partition coefficient (Wildman–Crippen LogP) is 3.28. The van der Waals surface area contributed by atoms with Gasteiger partial charge in [0.1, 0.15) is 0 Å². The van der Waals surface area contributed by atoms with E-state index in [0.29, 0.717) is 25.4 Å². The summed E-state index contributed by atoms with van der Waals surface area (Å²) in [5.74, 6) is -0.262. The highest BCUT2D eigenvalue weighted by Crippen LogP contribution is 2.04. The van der Waals surface area contributed by atoms with Crippen LogP contribution < -0.4 is 0 Å². The van der Waals surface area contributed by atoms with Crippen LogP contribution in [0.2, 0.25) is 0 Å². The molecule has 0 saturated carbocycles. The van der Waals surface area contributed by atoms with Crippen LogP contribution in [0.25, 0.3) is 0 Å². The van der Waals surface area contributed by atoms with Crippen molar-refractivity contribution in [2.45, 2.75) is 59.8 Å². The molecule has 0 aromatic rings. The summed E-state index contributed by atoms with van der Waals surface area (Å²) in [5, 5.41) is 0. The Kier molecular flexibility index (Phi) is 12.9. The molecule has 20 heavy (non-hydrogen) atoms. The third-order valence-corrected chi connectivity index (χ3v) is 4.61. The zero-order chi connectivity index (χ0) is 15.2. The highest BCUT2D eigenvalue weighted by Gasteiger charge is 2.14. The average molecular weight is 302 g/mol. The fourth-order valence-corrected chi connectivity index (χ4v) is 3.04. The van der Waals surface area contributed by atoms with E-state index in [-0.39, 0.29) is 5.97 Å². The van der Waals surface area contributed by atoms with E-state index in [1.807, 2.05) is 12.6 Å². The van der Waals surface area contributed by atoms with Gasteiger partial charge in [-0.15, -0.1) is 0 Å². The summed E-state index contributed by atoms with van der Waals surface area (Å²) >= 11 is 0. The van der Waals surface area contributed by atoms with Crippen molar-refractivity contribution >= 4 is 15.3 Å². The van der Waals surface area contributed by atoms with Crippen molar-refractivity contribution in [1.82, 2.24) is 0 Å². The molecule has 0 aromatic heterocycles. The molecule has 0 unspecified atom stereocenters. The highest BCUT2D eigenvalue weighted by atomic mass is 28.3. The summed E-state index contributed by atoms with van der Waals surface area (Å²) in [7, 11) is -1.91. The lowest BCUT2D eigenvalue weighted by atomic mass is 10.4. The third-order valence-electron chi connectivity index (χ3n) is 2.71. The van der Waals surface area contributed by atoms with Crippen molar-refractivity contribution in [3.63, 3.8) is 0 Å². The Bertz CT molecular complexity index is 269. The summed E-state index contributed by atoms with van der Waals surface area (Å²) < 4.78 is 16.7. The van der Waals surface area contributed by atoms with Crippen LogP contribution in [0.5, 0.6) is 0 Å². The maximum absolute atomic E-state index is 11.7. The number of rotatable bonds is 12. The van der Waals surface area contributed by atoms with Crippen molar-refractivity contribution in [2.75, 3.05) is 19.8 Å². The predicted molar refractivity (Wildman–Crippen MR) is 83.9 cm³/mol. The van der Waals surface area contributed by atoms with Crippen LogP contribution in [0.4, 0.5) is 0 Å². The smallest absolute Gasteiger partial charge is 0.348 e. The molecule has 0 aliphatic heterocycles. The van der Waals surface area contributed by atoms with Gasteiger partial charge in [-0.3, -0.25) is 0 Å². The average Bonchev–Trinajstić information content (AvgIpc) is 2.44. The molecule has 0 bridgehead atoms. The van der Waals surface area contributed by atoms with Gasteiger partial charge in [0.15, 0.2) is 0 Å². The van der Waals surface area contributed by atoms with Crippen LogP contribution in [-0.2, 0) is 18.4 Å².